The Labute approximate surface area is 171 Å². The zero-order chi connectivity index (χ0) is 20.0. The Morgan fingerprint density at radius 3 is 2.32 bits per heavy atom. The van der Waals surface area contributed by atoms with Crippen molar-refractivity contribution in [1.82, 2.24) is 14.9 Å². The maximum absolute atomic E-state index is 12.7. The Morgan fingerprint density at radius 1 is 1.04 bits per heavy atom. The third-order valence-electron chi connectivity index (χ3n) is 4.79. The van der Waals surface area contributed by atoms with Gasteiger partial charge in [0.1, 0.15) is 0 Å². The summed E-state index contributed by atoms with van der Waals surface area (Å²) in [5.41, 5.74) is 1.01. The Bertz CT molecular complexity index is 899. The molecule has 2 aromatic rings. The van der Waals surface area contributed by atoms with Crippen LogP contribution < -0.4 is 10.6 Å². The average Bonchev–Trinajstić information content (AvgIpc) is 3.14. The molecular formula is C20H28N4O2S2. The first-order valence-electron chi connectivity index (χ1n) is 9.58. The molecule has 0 atom stereocenters. The van der Waals surface area contributed by atoms with Crippen LogP contribution in [0.1, 0.15) is 34.6 Å². The minimum atomic E-state index is -3.37. The second-order valence-corrected chi connectivity index (χ2v) is 10.2. The molecule has 0 bridgehead atoms. The Kier molecular flexibility index (Phi) is 7.09. The van der Waals surface area contributed by atoms with Gasteiger partial charge in [-0.15, -0.1) is 11.3 Å². The number of hydrogen-bond donors (Lipinski definition) is 2. The van der Waals surface area contributed by atoms with Crippen LogP contribution in [0.15, 0.2) is 46.3 Å². The number of rotatable bonds is 6. The van der Waals surface area contributed by atoms with E-state index >= 15 is 0 Å². The average molecular weight is 421 g/mol. The lowest BCUT2D eigenvalue weighted by Gasteiger charge is -2.25. The number of nitrogens with zero attached hydrogens (tertiary/aromatic N) is 2. The molecule has 1 aliphatic rings. The van der Waals surface area contributed by atoms with Gasteiger partial charge in [-0.2, -0.15) is 4.31 Å². The summed E-state index contributed by atoms with van der Waals surface area (Å²) < 4.78 is 27.0. The third kappa shape index (κ3) is 5.33. The van der Waals surface area contributed by atoms with Gasteiger partial charge in [-0.1, -0.05) is 18.6 Å². The van der Waals surface area contributed by atoms with Crippen molar-refractivity contribution in [2.24, 2.45) is 4.99 Å². The number of nitrogens with one attached hydrogen (secondary N) is 2. The van der Waals surface area contributed by atoms with Gasteiger partial charge in [-0.3, -0.25) is 4.99 Å². The fourth-order valence-corrected chi connectivity index (χ4v) is 5.54. The molecule has 28 heavy (non-hydrogen) atoms. The van der Waals surface area contributed by atoms with Crippen molar-refractivity contribution in [1.29, 1.82) is 0 Å². The molecule has 0 spiro atoms. The van der Waals surface area contributed by atoms with E-state index in [-0.39, 0.29) is 0 Å². The summed E-state index contributed by atoms with van der Waals surface area (Å²) >= 11 is 1.76. The second kappa shape index (κ2) is 9.54. The van der Waals surface area contributed by atoms with E-state index in [2.05, 4.69) is 34.7 Å². The molecule has 2 heterocycles. The number of sulfonamides is 1. The van der Waals surface area contributed by atoms with Crippen molar-refractivity contribution in [2.45, 2.75) is 44.2 Å². The number of aryl methyl sites for hydroxylation is 1. The lowest BCUT2D eigenvalue weighted by Crippen LogP contribution is -2.36. The standard InChI is InChI=1S/C20H28N4O2S2/c1-16-6-9-18(27-16)15-23-20(21-2)22-14-17-7-10-19(11-8-17)28(25,26)24-12-4-3-5-13-24/h6-11H,3-5,12-15H2,1-2H3,(H2,21,22,23). The SMILES string of the molecule is CN=C(NCc1ccc(S(=O)(=O)N2CCCCC2)cc1)NCc1ccc(C)s1. The summed E-state index contributed by atoms with van der Waals surface area (Å²) in [5.74, 6) is 0.719. The van der Waals surface area contributed by atoms with Crippen LogP contribution in [-0.2, 0) is 23.1 Å². The summed E-state index contributed by atoms with van der Waals surface area (Å²) in [6.45, 7) is 4.64. The van der Waals surface area contributed by atoms with E-state index in [4.69, 9.17) is 0 Å². The number of hydrogen-bond acceptors (Lipinski definition) is 4. The molecule has 0 unspecified atom stereocenters. The molecule has 0 radical (unpaired) electrons. The van der Waals surface area contributed by atoms with Gasteiger partial charge < -0.3 is 10.6 Å². The summed E-state index contributed by atoms with van der Waals surface area (Å²) in [7, 11) is -1.63. The van der Waals surface area contributed by atoms with Gasteiger partial charge in [-0.05, 0) is 49.6 Å². The van der Waals surface area contributed by atoms with Crippen molar-refractivity contribution in [3.05, 3.63) is 51.7 Å². The number of aliphatic imine (C=N–C) groups is 1. The van der Waals surface area contributed by atoms with E-state index in [0.717, 1.165) is 37.3 Å². The van der Waals surface area contributed by atoms with E-state index in [0.29, 0.717) is 24.5 Å². The van der Waals surface area contributed by atoms with E-state index in [1.807, 2.05) is 12.1 Å². The zero-order valence-corrected chi connectivity index (χ0v) is 18.1. The highest BCUT2D eigenvalue weighted by Crippen LogP contribution is 2.21. The van der Waals surface area contributed by atoms with Crippen molar-refractivity contribution >= 4 is 27.3 Å². The normalized spacial score (nSPS) is 16.1. The topological polar surface area (TPSA) is 73.8 Å². The third-order valence-corrected chi connectivity index (χ3v) is 7.70. The lowest BCUT2D eigenvalue weighted by atomic mass is 10.2. The Morgan fingerprint density at radius 2 is 1.71 bits per heavy atom. The maximum atomic E-state index is 12.7. The van der Waals surface area contributed by atoms with E-state index in [1.54, 1.807) is 34.8 Å². The second-order valence-electron chi connectivity index (χ2n) is 6.90. The molecule has 1 aromatic carbocycles. The van der Waals surface area contributed by atoms with Gasteiger partial charge in [0, 0.05) is 36.4 Å². The highest BCUT2D eigenvalue weighted by Gasteiger charge is 2.25. The first-order valence-corrected chi connectivity index (χ1v) is 11.8. The molecule has 1 aromatic heterocycles. The zero-order valence-electron chi connectivity index (χ0n) is 16.4. The highest BCUT2D eigenvalue weighted by molar-refractivity contribution is 7.89. The van der Waals surface area contributed by atoms with Crippen LogP contribution in [0.3, 0.4) is 0 Å². The van der Waals surface area contributed by atoms with Crippen LogP contribution in [0.25, 0.3) is 0 Å². The Hall–Kier alpha value is -1.90. The van der Waals surface area contributed by atoms with Gasteiger partial charge in [0.15, 0.2) is 5.96 Å². The Balaban J connectivity index is 1.54. The summed E-state index contributed by atoms with van der Waals surface area (Å²) in [6, 6.07) is 11.3. The molecule has 152 valence electrons. The predicted molar refractivity (Wildman–Crippen MR) is 115 cm³/mol. The molecule has 1 aliphatic heterocycles. The van der Waals surface area contributed by atoms with Gasteiger partial charge in [0.2, 0.25) is 10.0 Å². The van der Waals surface area contributed by atoms with Crippen molar-refractivity contribution in [3.8, 4) is 0 Å². The number of thiophene rings is 1. The highest BCUT2D eigenvalue weighted by atomic mass is 32.2. The van der Waals surface area contributed by atoms with Crippen LogP contribution in [0.5, 0.6) is 0 Å². The van der Waals surface area contributed by atoms with E-state index in [1.165, 1.54) is 9.75 Å². The summed E-state index contributed by atoms with van der Waals surface area (Å²) in [6.07, 6.45) is 2.99. The van der Waals surface area contributed by atoms with Crippen LogP contribution in [0.2, 0.25) is 0 Å². The number of piperidine rings is 1. The molecule has 0 aliphatic carbocycles. The van der Waals surface area contributed by atoms with Crippen molar-refractivity contribution < 1.29 is 8.42 Å². The molecule has 2 N–H and O–H groups in total. The quantitative estimate of drug-likeness (QED) is 0.556. The molecule has 1 saturated heterocycles. The summed E-state index contributed by atoms with van der Waals surface area (Å²) in [5, 5.41) is 6.56. The molecule has 6 nitrogen and oxygen atoms in total. The van der Waals surface area contributed by atoms with E-state index in [9.17, 15) is 8.42 Å². The largest absolute Gasteiger partial charge is 0.352 e. The van der Waals surface area contributed by atoms with Gasteiger partial charge in [-0.25, -0.2) is 8.42 Å². The number of benzene rings is 1. The molecule has 0 saturated carbocycles. The molecular weight excluding hydrogens is 392 g/mol. The first-order chi connectivity index (χ1) is 13.5. The van der Waals surface area contributed by atoms with Gasteiger partial charge in [0.05, 0.1) is 11.4 Å². The van der Waals surface area contributed by atoms with Crippen LogP contribution in [0, 0.1) is 6.92 Å². The molecule has 3 rings (SSSR count). The number of guanidine groups is 1. The fourth-order valence-electron chi connectivity index (χ4n) is 3.19. The minimum Gasteiger partial charge on any atom is -0.352 e. The fraction of sp³-hybridized carbons (Fsp3) is 0.450. The lowest BCUT2D eigenvalue weighted by molar-refractivity contribution is 0.346. The first kappa shape index (κ1) is 20.8. The monoisotopic (exact) mass is 420 g/mol. The molecule has 0 amide bonds. The minimum absolute atomic E-state index is 0.369. The van der Waals surface area contributed by atoms with Gasteiger partial charge >= 0.3 is 0 Å². The van der Waals surface area contributed by atoms with Crippen molar-refractivity contribution in [2.75, 3.05) is 20.1 Å². The van der Waals surface area contributed by atoms with Crippen LogP contribution >= 0.6 is 11.3 Å². The smallest absolute Gasteiger partial charge is 0.243 e. The summed E-state index contributed by atoms with van der Waals surface area (Å²) in [4.78, 5) is 7.16. The maximum Gasteiger partial charge on any atom is 0.243 e. The predicted octanol–water partition coefficient (Wildman–Crippen LogP) is 3.10. The van der Waals surface area contributed by atoms with Gasteiger partial charge in [0.25, 0.3) is 0 Å². The van der Waals surface area contributed by atoms with Crippen molar-refractivity contribution in [3.63, 3.8) is 0 Å². The van der Waals surface area contributed by atoms with Crippen LogP contribution in [-0.4, -0.2) is 38.8 Å². The molecule has 1 fully saturated rings. The van der Waals surface area contributed by atoms with Crippen LogP contribution in [0.4, 0.5) is 0 Å². The van der Waals surface area contributed by atoms with E-state index < -0.39 is 10.0 Å². The molecule has 8 heteroatoms.